The highest BCUT2D eigenvalue weighted by Crippen LogP contribution is 2.25. The minimum absolute atomic E-state index is 0.437. The third-order valence-electron chi connectivity index (χ3n) is 4.03. The summed E-state index contributed by atoms with van der Waals surface area (Å²) in [5, 5.41) is 0. The van der Waals surface area contributed by atoms with E-state index in [1.54, 1.807) is 6.07 Å². The highest BCUT2D eigenvalue weighted by molar-refractivity contribution is 5.99. The fraction of sp³-hybridized carbons (Fsp3) is 0.235. The van der Waals surface area contributed by atoms with Crippen molar-refractivity contribution in [2.45, 2.75) is 0 Å². The van der Waals surface area contributed by atoms with Crippen LogP contribution in [0.2, 0.25) is 0 Å². The third-order valence-corrected chi connectivity index (χ3v) is 4.03. The van der Waals surface area contributed by atoms with E-state index < -0.39 is 5.91 Å². The van der Waals surface area contributed by atoms with Crippen molar-refractivity contribution in [3.05, 3.63) is 54.1 Å². The summed E-state index contributed by atoms with van der Waals surface area (Å²) in [5.41, 5.74) is 14.4. The summed E-state index contributed by atoms with van der Waals surface area (Å²) in [6.45, 7) is 3.51. The Morgan fingerprint density at radius 2 is 1.55 bits per heavy atom. The van der Waals surface area contributed by atoms with Crippen LogP contribution in [0, 0.1) is 0 Å². The molecule has 1 saturated heterocycles. The number of benzene rings is 2. The van der Waals surface area contributed by atoms with Gasteiger partial charge < -0.3 is 21.3 Å². The molecule has 114 valence electrons. The molecule has 5 heteroatoms. The van der Waals surface area contributed by atoms with Crippen LogP contribution < -0.4 is 21.3 Å². The molecule has 1 amide bonds. The number of carbonyl (C=O) groups excluding carboxylic acids is 1. The highest BCUT2D eigenvalue weighted by Gasteiger charge is 2.21. The van der Waals surface area contributed by atoms with E-state index in [9.17, 15) is 4.79 Å². The van der Waals surface area contributed by atoms with Crippen molar-refractivity contribution >= 4 is 23.0 Å². The molecule has 0 aromatic heterocycles. The van der Waals surface area contributed by atoms with Crippen molar-refractivity contribution < 1.29 is 4.79 Å². The van der Waals surface area contributed by atoms with Gasteiger partial charge in [-0.05, 0) is 30.3 Å². The first kappa shape index (κ1) is 14.3. The fourth-order valence-electron chi connectivity index (χ4n) is 2.87. The largest absolute Gasteiger partial charge is 0.399 e. The molecule has 0 atom stereocenters. The maximum atomic E-state index is 11.6. The average molecular weight is 296 g/mol. The second-order valence-corrected chi connectivity index (χ2v) is 5.45. The van der Waals surface area contributed by atoms with E-state index in [1.165, 1.54) is 5.69 Å². The number of nitrogens with zero attached hydrogens (tertiary/aromatic N) is 2. The predicted molar refractivity (Wildman–Crippen MR) is 90.2 cm³/mol. The molecule has 0 unspecified atom stereocenters. The van der Waals surface area contributed by atoms with Crippen molar-refractivity contribution in [2.24, 2.45) is 5.73 Å². The Hall–Kier alpha value is -2.69. The molecule has 1 fully saturated rings. The Morgan fingerprint density at radius 1 is 0.909 bits per heavy atom. The van der Waals surface area contributed by atoms with Gasteiger partial charge in [0.25, 0.3) is 5.91 Å². The molecule has 1 aliphatic rings. The summed E-state index contributed by atoms with van der Waals surface area (Å²) >= 11 is 0. The lowest BCUT2D eigenvalue weighted by atomic mass is 10.1. The molecule has 5 nitrogen and oxygen atoms in total. The molecular weight excluding hydrogens is 276 g/mol. The van der Waals surface area contributed by atoms with Crippen molar-refractivity contribution in [1.82, 2.24) is 0 Å². The zero-order chi connectivity index (χ0) is 15.5. The van der Waals surface area contributed by atoms with Crippen LogP contribution in [0.3, 0.4) is 0 Å². The van der Waals surface area contributed by atoms with Gasteiger partial charge in [-0.25, -0.2) is 0 Å². The predicted octanol–water partition coefficient (Wildman–Crippen LogP) is 1.69. The Labute approximate surface area is 130 Å². The molecule has 2 aromatic rings. The maximum absolute atomic E-state index is 11.6. The van der Waals surface area contributed by atoms with Crippen LogP contribution in [-0.4, -0.2) is 32.1 Å². The molecule has 0 bridgehead atoms. The number of nitrogens with two attached hydrogens (primary N) is 2. The number of anilines is 3. The van der Waals surface area contributed by atoms with Crippen molar-refractivity contribution in [2.75, 3.05) is 41.7 Å². The summed E-state index contributed by atoms with van der Waals surface area (Å²) in [6, 6.07) is 15.7. The minimum atomic E-state index is -0.437. The van der Waals surface area contributed by atoms with Gasteiger partial charge in [-0.15, -0.1) is 0 Å². The zero-order valence-electron chi connectivity index (χ0n) is 12.4. The Morgan fingerprint density at radius 3 is 2.18 bits per heavy atom. The molecular formula is C17H20N4O. The maximum Gasteiger partial charge on any atom is 0.250 e. The van der Waals surface area contributed by atoms with Crippen molar-refractivity contribution in [1.29, 1.82) is 0 Å². The lowest BCUT2D eigenvalue weighted by molar-refractivity contribution is 0.100. The molecule has 0 saturated carbocycles. The Kier molecular flexibility index (Phi) is 3.87. The summed E-state index contributed by atoms with van der Waals surface area (Å²) in [4.78, 5) is 16.2. The third kappa shape index (κ3) is 2.83. The number of primary amides is 1. The van der Waals surface area contributed by atoms with Gasteiger partial charge in [0.1, 0.15) is 0 Å². The standard InChI is InChI=1S/C17H20N4O/c18-13-6-7-16(15(12-13)17(19)22)21-10-8-20(9-11-21)14-4-2-1-3-5-14/h1-7,12H,8-11,18H2,(H2,19,22). The molecule has 22 heavy (non-hydrogen) atoms. The van der Waals surface area contributed by atoms with Crippen LogP contribution in [0.1, 0.15) is 10.4 Å². The minimum Gasteiger partial charge on any atom is -0.399 e. The van der Waals surface area contributed by atoms with E-state index in [-0.39, 0.29) is 0 Å². The SMILES string of the molecule is NC(=O)c1cc(N)ccc1N1CCN(c2ccccc2)CC1. The molecule has 0 aliphatic carbocycles. The second-order valence-electron chi connectivity index (χ2n) is 5.45. The van der Waals surface area contributed by atoms with Crippen LogP contribution >= 0.6 is 0 Å². The summed E-state index contributed by atoms with van der Waals surface area (Å²) in [6.07, 6.45) is 0. The van der Waals surface area contributed by atoms with E-state index in [4.69, 9.17) is 11.5 Å². The topological polar surface area (TPSA) is 75.6 Å². The molecule has 4 N–H and O–H groups in total. The van der Waals surface area contributed by atoms with Gasteiger partial charge in [0.2, 0.25) is 0 Å². The summed E-state index contributed by atoms with van der Waals surface area (Å²) in [5.74, 6) is -0.437. The first-order valence-electron chi connectivity index (χ1n) is 7.39. The normalized spacial score (nSPS) is 14.9. The van der Waals surface area contributed by atoms with Crippen molar-refractivity contribution in [3.63, 3.8) is 0 Å². The van der Waals surface area contributed by atoms with Crippen LogP contribution in [-0.2, 0) is 0 Å². The fourth-order valence-corrected chi connectivity index (χ4v) is 2.87. The first-order valence-corrected chi connectivity index (χ1v) is 7.39. The Balaban J connectivity index is 1.76. The van der Waals surface area contributed by atoms with E-state index in [2.05, 4.69) is 21.9 Å². The number of piperazine rings is 1. The lowest BCUT2D eigenvalue weighted by Gasteiger charge is -2.38. The van der Waals surface area contributed by atoms with Gasteiger partial charge in [-0.3, -0.25) is 4.79 Å². The number of nitrogen functional groups attached to an aromatic ring is 1. The first-order chi connectivity index (χ1) is 10.6. The number of hydrogen-bond donors (Lipinski definition) is 2. The number of carbonyl (C=O) groups is 1. The van der Waals surface area contributed by atoms with E-state index in [0.29, 0.717) is 11.3 Å². The van der Waals surface area contributed by atoms with E-state index >= 15 is 0 Å². The molecule has 1 heterocycles. The highest BCUT2D eigenvalue weighted by atomic mass is 16.1. The van der Waals surface area contributed by atoms with Gasteiger partial charge >= 0.3 is 0 Å². The van der Waals surface area contributed by atoms with Crippen LogP contribution in [0.5, 0.6) is 0 Å². The average Bonchev–Trinajstić information content (AvgIpc) is 2.56. The van der Waals surface area contributed by atoms with Crippen LogP contribution in [0.15, 0.2) is 48.5 Å². The number of rotatable bonds is 3. The van der Waals surface area contributed by atoms with E-state index in [1.807, 2.05) is 30.3 Å². The molecule has 2 aromatic carbocycles. The molecule has 1 aliphatic heterocycles. The second kappa shape index (κ2) is 5.97. The molecule has 0 radical (unpaired) electrons. The Bertz CT molecular complexity index is 664. The van der Waals surface area contributed by atoms with Crippen molar-refractivity contribution in [3.8, 4) is 0 Å². The number of hydrogen-bond acceptors (Lipinski definition) is 4. The van der Waals surface area contributed by atoms with Crippen LogP contribution in [0.25, 0.3) is 0 Å². The van der Waals surface area contributed by atoms with Gasteiger partial charge in [0, 0.05) is 43.2 Å². The summed E-state index contributed by atoms with van der Waals surface area (Å²) in [7, 11) is 0. The van der Waals surface area contributed by atoms with Gasteiger partial charge in [0.15, 0.2) is 0 Å². The molecule has 3 rings (SSSR count). The number of para-hydroxylation sites is 1. The van der Waals surface area contributed by atoms with Gasteiger partial charge in [-0.1, -0.05) is 18.2 Å². The van der Waals surface area contributed by atoms with Crippen LogP contribution in [0.4, 0.5) is 17.1 Å². The lowest BCUT2D eigenvalue weighted by Crippen LogP contribution is -2.47. The quantitative estimate of drug-likeness (QED) is 0.845. The van der Waals surface area contributed by atoms with E-state index in [0.717, 1.165) is 31.9 Å². The monoisotopic (exact) mass is 296 g/mol. The van der Waals surface area contributed by atoms with Gasteiger partial charge in [-0.2, -0.15) is 0 Å². The smallest absolute Gasteiger partial charge is 0.250 e. The van der Waals surface area contributed by atoms with Gasteiger partial charge in [0.05, 0.1) is 5.56 Å². The molecule has 0 spiro atoms. The summed E-state index contributed by atoms with van der Waals surface area (Å²) < 4.78 is 0. The zero-order valence-corrected chi connectivity index (χ0v) is 12.4. The number of amides is 1.